The number of thiophene rings is 1. The van der Waals surface area contributed by atoms with Crippen LogP contribution >= 0.6 is 11.3 Å². The molecule has 1 fully saturated rings. The zero-order valence-corrected chi connectivity index (χ0v) is 11.0. The lowest BCUT2D eigenvalue weighted by Crippen LogP contribution is -2.28. The maximum atomic E-state index is 5.81. The number of rotatable bonds is 4. The van der Waals surface area contributed by atoms with Crippen molar-refractivity contribution in [2.24, 2.45) is 0 Å². The number of ether oxygens (including phenoxy) is 1. The number of nitrogens with one attached hydrogen (secondary N) is 1. The molecule has 0 spiro atoms. The second kappa shape index (κ2) is 5.50. The second-order valence-corrected chi connectivity index (χ2v) is 5.44. The molecule has 0 bridgehead atoms. The van der Waals surface area contributed by atoms with Gasteiger partial charge in [0.05, 0.1) is 6.20 Å². The first-order chi connectivity index (χ1) is 8.92. The SMILES string of the molecule is c1csc(-c2cncc(OCC3CCCN3)c2)c1. The normalized spacial score (nSPS) is 19.0. The number of aromatic nitrogens is 1. The van der Waals surface area contributed by atoms with E-state index in [0.717, 1.165) is 24.5 Å². The van der Waals surface area contributed by atoms with Crippen molar-refractivity contribution in [3.8, 4) is 16.2 Å². The third-order valence-corrected chi connectivity index (χ3v) is 4.05. The highest BCUT2D eigenvalue weighted by Crippen LogP contribution is 2.26. The molecule has 2 aromatic heterocycles. The number of nitrogens with zero attached hydrogens (tertiary/aromatic N) is 1. The molecule has 2 aromatic rings. The van der Waals surface area contributed by atoms with Crippen molar-refractivity contribution in [3.05, 3.63) is 36.0 Å². The summed E-state index contributed by atoms with van der Waals surface area (Å²) in [6.07, 6.45) is 6.12. The van der Waals surface area contributed by atoms with Crippen LogP contribution in [0.5, 0.6) is 5.75 Å². The molecule has 1 atom stereocenters. The summed E-state index contributed by atoms with van der Waals surface area (Å²) >= 11 is 1.72. The maximum Gasteiger partial charge on any atom is 0.138 e. The zero-order valence-electron chi connectivity index (χ0n) is 10.1. The summed E-state index contributed by atoms with van der Waals surface area (Å²) in [4.78, 5) is 5.48. The quantitative estimate of drug-likeness (QED) is 0.917. The van der Waals surface area contributed by atoms with Gasteiger partial charge in [0.25, 0.3) is 0 Å². The molecule has 3 heterocycles. The van der Waals surface area contributed by atoms with Crippen molar-refractivity contribution < 1.29 is 4.74 Å². The first-order valence-corrected chi connectivity index (χ1v) is 7.15. The Morgan fingerprint density at radius 2 is 2.44 bits per heavy atom. The molecule has 1 unspecified atom stereocenters. The van der Waals surface area contributed by atoms with E-state index in [-0.39, 0.29) is 0 Å². The summed E-state index contributed by atoms with van der Waals surface area (Å²) in [5.74, 6) is 0.856. The average Bonchev–Trinajstić information content (AvgIpc) is 3.10. The Bertz CT molecular complexity index is 492. The molecule has 3 rings (SSSR count). The number of hydrogen-bond acceptors (Lipinski definition) is 4. The van der Waals surface area contributed by atoms with E-state index in [1.165, 1.54) is 17.7 Å². The zero-order chi connectivity index (χ0) is 12.2. The lowest BCUT2D eigenvalue weighted by atomic mass is 10.2. The van der Waals surface area contributed by atoms with Gasteiger partial charge in [0.2, 0.25) is 0 Å². The molecule has 0 amide bonds. The minimum Gasteiger partial charge on any atom is -0.490 e. The first kappa shape index (κ1) is 11.7. The fourth-order valence-corrected chi connectivity index (χ4v) is 2.88. The molecule has 1 saturated heterocycles. The van der Waals surface area contributed by atoms with E-state index in [4.69, 9.17) is 4.74 Å². The van der Waals surface area contributed by atoms with E-state index in [9.17, 15) is 0 Å². The molecule has 94 valence electrons. The van der Waals surface area contributed by atoms with Crippen molar-refractivity contribution in [2.45, 2.75) is 18.9 Å². The highest BCUT2D eigenvalue weighted by molar-refractivity contribution is 7.13. The summed E-state index contributed by atoms with van der Waals surface area (Å²) in [7, 11) is 0. The van der Waals surface area contributed by atoms with Crippen molar-refractivity contribution in [1.82, 2.24) is 10.3 Å². The van der Waals surface area contributed by atoms with Gasteiger partial charge in [-0.25, -0.2) is 0 Å². The fraction of sp³-hybridized carbons (Fsp3) is 0.357. The Kier molecular flexibility index (Phi) is 3.57. The molecular formula is C14H16N2OS. The second-order valence-electron chi connectivity index (χ2n) is 4.49. The summed E-state index contributed by atoms with van der Waals surface area (Å²) in [6.45, 7) is 1.84. The van der Waals surface area contributed by atoms with Crippen molar-refractivity contribution in [3.63, 3.8) is 0 Å². The van der Waals surface area contributed by atoms with Crippen LogP contribution in [0.4, 0.5) is 0 Å². The van der Waals surface area contributed by atoms with Crippen LogP contribution in [0, 0.1) is 0 Å². The van der Waals surface area contributed by atoms with Crippen molar-refractivity contribution in [2.75, 3.05) is 13.2 Å². The molecule has 0 saturated carbocycles. The third kappa shape index (κ3) is 2.71. The van der Waals surface area contributed by atoms with Crippen LogP contribution in [0.15, 0.2) is 36.0 Å². The highest BCUT2D eigenvalue weighted by Gasteiger charge is 2.14. The minimum atomic E-state index is 0.496. The van der Waals surface area contributed by atoms with Crippen LogP contribution < -0.4 is 10.1 Å². The molecule has 18 heavy (non-hydrogen) atoms. The van der Waals surface area contributed by atoms with Crippen LogP contribution in [0.1, 0.15) is 12.8 Å². The van der Waals surface area contributed by atoms with Crippen LogP contribution in [-0.4, -0.2) is 24.2 Å². The standard InChI is InChI=1S/C14H16N2OS/c1-3-12(16-5-1)10-17-13-7-11(8-15-9-13)14-4-2-6-18-14/h2,4,6-9,12,16H,1,3,5,10H2. The molecular weight excluding hydrogens is 244 g/mol. The third-order valence-electron chi connectivity index (χ3n) is 3.13. The maximum absolute atomic E-state index is 5.81. The lowest BCUT2D eigenvalue weighted by molar-refractivity contribution is 0.276. The van der Waals surface area contributed by atoms with E-state index >= 15 is 0 Å². The van der Waals surface area contributed by atoms with Crippen molar-refractivity contribution in [1.29, 1.82) is 0 Å². The minimum absolute atomic E-state index is 0.496. The van der Waals surface area contributed by atoms with Gasteiger partial charge in [-0.15, -0.1) is 11.3 Å². The van der Waals surface area contributed by atoms with Crippen LogP contribution in [0.3, 0.4) is 0 Å². The summed E-state index contributed by atoms with van der Waals surface area (Å²) in [5, 5.41) is 5.50. The number of hydrogen-bond donors (Lipinski definition) is 1. The fourth-order valence-electron chi connectivity index (χ4n) is 2.17. The van der Waals surface area contributed by atoms with Gasteiger partial charge in [-0.3, -0.25) is 4.98 Å². The number of pyridine rings is 1. The van der Waals surface area contributed by atoms with E-state index in [2.05, 4.69) is 33.9 Å². The lowest BCUT2D eigenvalue weighted by Gasteiger charge is -2.12. The predicted octanol–water partition coefficient (Wildman–Crippen LogP) is 2.94. The molecule has 1 aliphatic rings. The molecule has 0 aromatic carbocycles. The molecule has 1 N–H and O–H groups in total. The van der Waals surface area contributed by atoms with E-state index in [1.807, 2.05) is 6.20 Å². The van der Waals surface area contributed by atoms with E-state index < -0.39 is 0 Å². The summed E-state index contributed by atoms with van der Waals surface area (Å²) in [6, 6.07) is 6.71. The van der Waals surface area contributed by atoms with Gasteiger partial charge in [-0.1, -0.05) is 6.07 Å². The summed E-state index contributed by atoms with van der Waals surface area (Å²) < 4.78 is 5.81. The van der Waals surface area contributed by atoms with E-state index in [1.54, 1.807) is 17.5 Å². The smallest absolute Gasteiger partial charge is 0.138 e. The highest BCUT2D eigenvalue weighted by atomic mass is 32.1. The van der Waals surface area contributed by atoms with Gasteiger partial charge >= 0.3 is 0 Å². The van der Waals surface area contributed by atoms with Gasteiger partial charge in [-0.2, -0.15) is 0 Å². The van der Waals surface area contributed by atoms with Gasteiger partial charge in [0, 0.05) is 22.7 Å². The van der Waals surface area contributed by atoms with E-state index in [0.29, 0.717) is 6.04 Å². The predicted molar refractivity (Wildman–Crippen MR) is 74.1 cm³/mol. The average molecular weight is 260 g/mol. The van der Waals surface area contributed by atoms with Crippen LogP contribution in [0.2, 0.25) is 0 Å². The Morgan fingerprint density at radius 3 is 3.22 bits per heavy atom. The molecule has 4 heteroatoms. The Labute approximate surface area is 111 Å². The monoisotopic (exact) mass is 260 g/mol. The van der Waals surface area contributed by atoms with Gasteiger partial charge in [0.1, 0.15) is 12.4 Å². The Balaban J connectivity index is 1.67. The van der Waals surface area contributed by atoms with Gasteiger partial charge < -0.3 is 10.1 Å². The van der Waals surface area contributed by atoms with Crippen LogP contribution in [-0.2, 0) is 0 Å². The van der Waals surface area contributed by atoms with Gasteiger partial charge in [0.15, 0.2) is 0 Å². The largest absolute Gasteiger partial charge is 0.490 e. The Morgan fingerprint density at radius 1 is 1.44 bits per heavy atom. The molecule has 1 aliphatic heterocycles. The van der Waals surface area contributed by atoms with Gasteiger partial charge in [-0.05, 0) is 36.9 Å². The Hall–Kier alpha value is -1.39. The van der Waals surface area contributed by atoms with Crippen LogP contribution in [0.25, 0.3) is 10.4 Å². The summed E-state index contributed by atoms with van der Waals surface area (Å²) in [5.41, 5.74) is 1.13. The first-order valence-electron chi connectivity index (χ1n) is 6.27. The molecule has 3 nitrogen and oxygen atoms in total. The topological polar surface area (TPSA) is 34.1 Å². The van der Waals surface area contributed by atoms with Crippen molar-refractivity contribution >= 4 is 11.3 Å². The molecule has 0 radical (unpaired) electrons. The molecule has 0 aliphatic carbocycles.